The first-order chi connectivity index (χ1) is 11.8. The molecule has 0 heterocycles. The van der Waals surface area contributed by atoms with E-state index in [2.05, 4.69) is 26.1 Å². The van der Waals surface area contributed by atoms with Crippen LogP contribution >= 0.6 is 35.6 Å². The van der Waals surface area contributed by atoms with Gasteiger partial charge in [0.2, 0.25) is 0 Å². The van der Waals surface area contributed by atoms with Crippen LogP contribution in [0.15, 0.2) is 36.4 Å². The van der Waals surface area contributed by atoms with E-state index in [1.807, 2.05) is 30.3 Å². The first-order valence-corrected chi connectivity index (χ1v) is 9.09. The minimum absolute atomic E-state index is 0. The van der Waals surface area contributed by atoms with Crippen molar-refractivity contribution in [2.45, 2.75) is 45.9 Å². The van der Waals surface area contributed by atoms with Crippen LogP contribution in [-0.4, -0.2) is 12.6 Å². The van der Waals surface area contributed by atoms with Gasteiger partial charge in [0.25, 0.3) is 0 Å². The molecular weight excluding hydrogens is 393 g/mol. The molecule has 0 bridgehead atoms. The van der Waals surface area contributed by atoms with Gasteiger partial charge >= 0.3 is 0 Å². The minimum atomic E-state index is 0. The Kier molecular flexibility index (Phi) is 9.05. The van der Waals surface area contributed by atoms with Crippen LogP contribution in [-0.2, 0) is 13.2 Å². The maximum Gasteiger partial charge on any atom is 0.161 e. The lowest BCUT2D eigenvalue weighted by molar-refractivity contribution is 0.284. The maximum absolute atomic E-state index is 6.04. The Balaban J connectivity index is 0.00000338. The van der Waals surface area contributed by atoms with E-state index >= 15 is 0 Å². The highest BCUT2D eigenvalue weighted by Gasteiger charge is 2.14. The Morgan fingerprint density at radius 1 is 0.962 bits per heavy atom. The van der Waals surface area contributed by atoms with Gasteiger partial charge in [0.05, 0.1) is 17.2 Å². The number of methoxy groups -OCH3 is 1. The molecule has 0 spiro atoms. The molecule has 0 saturated heterocycles. The summed E-state index contributed by atoms with van der Waals surface area (Å²) in [6, 6.07) is 11.5. The summed E-state index contributed by atoms with van der Waals surface area (Å²) in [5, 5.41) is 4.60. The summed E-state index contributed by atoms with van der Waals surface area (Å²) in [5.74, 6) is 1.42. The van der Waals surface area contributed by atoms with Gasteiger partial charge in [-0.05, 0) is 55.7 Å². The molecule has 2 aromatic carbocycles. The number of halogens is 3. The van der Waals surface area contributed by atoms with Gasteiger partial charge in [-0.1, -0.05) is 42.3 Å². The van der Waals surface area contributed by atoms with Crippen molar-refractivity contribution in [2.75, 3.05) is 7.11 Å². The molecule has 6 heteroatoms. The molecular formula is C20H26Cl3NO2. The van der Waals surface area contributed by atoms with E-state index in [0.717, 1.165) is 24.1 Å². The van der Waals surface area contributed by atoms with Gasteiger partial charge in [0.1, 0.15) is 6.61 Å². The van der Waals surface area contributed by atoms with Gasteiger partial charge in [-0.2, -0.15) is 0 Å². The maximum atomic E-state index is 6.04. The van der Waals surface area contributed by atoms with Crippen LogP contribution in [0.1, 0.15) is 38.3 Å². The fraction of sp³-hybridized carbons (Fsp3) is 0.400. The molecule has 144 valence electrons. The number of hydrogen-bond acceptors (Lipinski definition) is 3. The van der Waals surface area contributed by atoms with Crippen LogP contribution in [0.3, 0.4) is 0 Å². The summed E-state index contributed by atoms with van der Waals surface area (Å²) in [4.78, 5) is 0. The van der Waals surface area contributed by atoms with E-state index in [1.165, 1.54) is 0 Å². The van der Waals surface area contributed by atoms with E-state index < -0.39 is 0 Å². The molecule has 3 nitrogen and oxygen atoms in total. The topological polar surface area (TPSA) is 30.5 Å². The zero-order chi connectivity index (χ0) is 18.4. The molecule has 0 fully saturated rings. The van der Waals surface area contributed by atoms with Gasteiger partial charge in [-0.3, -0.25) is 0 Å². The van der Waals surface area contributed by atoms with E-state index in [1.54, 1.807) is 13.2 Å². The zero-order valence-corrected chi connectivity index (χ0v) is 17.9. The Morgan fingerprint density at radius 2 is 1.65 bits per heavy atom. The third-order valence-electron chi connectivity index (χ3n) is 4.26. The molecule has 0 radical (unpaired) electrons. The third kappa shape index (κ3) is 6.55. The number of benzene rings is 2. The standard InChI is InChI=1S/C20H25Cl2NO2.ClH/c1-5-20(2,3)23-12-14-7-9-18(19(11-14)24-4)25-13-15-6-8-16(21)17(22)10-15;/h6-11,23H,5,12-13H2,1-4H3;1H. The lowest BCUT2D eigenvalue weighted by atomic mass is 10.0. The summed E-state index contributed by atoms with van der Waals surface area (Å²) < 4.78 is 11.4. The number of nitrogens with one attached hydrogen (secondary N) is 1. The van der Waals surface area contributed by atoms with Gasteiger partial charge in [0.15, 0.2) is 11.5 Å². The van der Waals surface area contributed by atoms with Crippen LogP contribution in [0.25, 0.3) is 0 Å². The van der Waals surface area contributed by atoms with Crippen molar-refractivity contribution in [2.24, 2.45) is 0 Å². The Labute approximate surface area is 172 Å². The normalized spacial score (nSPS) is 11.0. The predicted octanol–water partition coefficient (Wildman–Crippen LogP) is 6.28. The molecule has 2 rings (SSSR count). The molecule has 0 saturated carbocycles. The minimum Gasteiger partial charge on any atom is -0.493 e. The first kappa shape index (κ1) is 22.9. The van der Waals surface area contributed by atoms with Crippen molar-refractivity contribution in [1.82, 2.24) is 5.32 Å². The van der Waals surface area contributed by atoms with Crippen LogP contribution in [0, 0.1) is 0 Å². The predicted molar refractivity (Wildman–Crippen MR) is 112 cm³/mol. The summed E-state index contributed by atoms with van der Waals surface area (Å²) >= 11 is 12.0. The van der Waals surface area contributed by atoms with Crippen molar-refractivity contribution in [1.29, 1.82) is 0 Å². The second-order valence-electron chi connectivity index (χ2n) is 6.61. The van der Waals surface area contributed by atoms with Crippen LogP contribution in [0.2, 0.25) is 10.0 Å². The van der Waals surface area contributed by atoms with Crippen molar-refractivity contribution in [3.8, 4) is 11.5 Å². The molecule has 2 aromatic rings. The fourth-order valence-corrected chi connectivity index (χ4v) is 2.52. The van der Waals surface area contributed by atoms with Crippen LogP contribution in [0.4, 0.5) is 0 Å². The smallest absolute Gasteiger partial charge is 0.161 e. The average Bonchev–Trinajstić information content (AvgIpc) is 2.61. The van der Waals surface area contributed by atoms with Crippen molar-refractivity contribution < 1.29 is 9.47 Å². The highest BCUT2D eigenvalue weighted by Crippen LogP contribution is 2.30. The molecule has 0 unspecified atom stereocenters. The average molecular weight is 419 g/mol. The molecule has 0 atom stereocenters. The van der Waals surface area contributed by atoms with Crippen LogP contribution < -0.4 is 14.8 Å². The number of rotatable bonds is 8. The third-order valence-corrected chi connectivity index (χ3v) is 5.00. The Bertz CT molecular complexity index is 720. The number of hydrogen-bond donors (Lipinski definition) is 1. The second-order valence-corrected chi connectivity index (χ2v) is 7.43. The SMILES string of the molecule is CCC(C)(C)NCc1ccc(OCc2ccc(Cl)c(Cl)c2)c(OC)c1.Cl. The summed E-state index contributed by atoms with van der Waals surface area (Å²) in [7, 11) is 1.65. The second kappa shape index (κ2) is 10.3. The molecule has 0 amide bonds. The Hall–Kier alpha value is -1.13. The van der Waals surface area contributed by atoms with Gasteiger partial charge in [0, 0.05) is 12.1 Å². The van der Waals surface area contributed by atoms with Gasteiger partial charge in [-0.25, -0.2) is 0 Å². The quantitative estimate of drug-likeness (QED) is 0.547. The largest absolute Gasteiger partial charge is 0.493 e. The molecule has 26 heavy (non-hydrogen) atoms. The highest BCUT2D eigenvalue weighted by molar-refractivity contribution is 6.42. The molecule has 0 aliphatic rings. The first-order valence-electron chi connectivity index (χ1n) is 8.33. The lowest BCUT2D eigenvalue weighted by Gasteiger charge is -2.24. The van der Waals surface area contributed by atoms with Crippen molar-refractivity contribution in [3.63, 3.8) is 0 Å². The molecule has 1 N–H and O–H groups in total. The summed E-state index contributed by atoms with van der Waals surface area (Å²) in [6.07, 6.45) is 1.06. The highest BCUT2D eigenvalue weighted by atomic mass is 35.5. The van der Waals surface area contributed by atoms with Gasteiger partial charge in [-0.15, -0.1) is 12.4 Å². The summed E-state index contributed by atoms with van der Waals surface area (Å²) in [6.45, 7) is 7.74. The van der Waals surface area contributed by atoms with Crippen molar-refractivity contribution in [3.05, 3.63) is 57.6 Å². The monoisotopic (exact) mass is 417 g/mol. The molecule has 0 aliphatic heterocycles. The lowest BCUT2D eigenvalue weighted by Crippen LogP contribution is -2.37. The zero-order valence-electron chi connectivity index (χ0n) is 15.6. The van der Waals surface area contributed by atoms with E-state index in [4.69, 9.17) is 32.7 Å². The summed E-state index contributed by atoms with van der Waals surface area (Å²) in [5.41, 5.74) is 2.21. The van der Waals surface area contributed by atoms with E-state index in [-0.39, 0.29) is 17.9 Å². The molecule has 0 aliphatic carbocycles. The van der Waals surface area contributed by atoms with Gasteiger partial charge < -0.3 is 14.8 Å². The van der Waals surface area contributed by atoms with Crippen LogP contribution in [0.5, 0.6) is 11.5 Å². The van der Waals surface area contributed by atoms with E-state index in [9.17, 15) is 0 Å². The van der Waals surface area contributed by atoms with E-state index in [0.29, 0.717) is 28.2 Å². The van der Waals surface area contributed by atoms with Crippen molar-refractivity contribution >= 4 is 35.6 Å². The molecule has 0 aromatic heterocycles. The Morgan fingerprint density at radius 3 is 2.27 bits per heavy atom. The number of ether oxygens (including phenoxy) is 2. The fourth-order valence-electron chi connectivity index (χ4n) is 2.20.